The van der Waals surface area contributed by atoms with Gasteiger partial charge in [0.15, 0.2) is 5.69 Å². The molecule has 0 spiro atoms. The molecule has 1 unspecified atom stereocenters. The van der Waals surface area contributed by atoms with Crippen molar-refractivity contribution in [3.8, 4) is 11.5 Å². The highest BCUT2D eigenvalue weighted by Gasteiger charge is 2.27. The third-order valence-corrected chi connectivity index (χ3v) is 4.31. The molecule has 1 saturated heterocycles. The average molecular weight is 336 g/mol. The Labute approximate surface area is 142 Å². The summed E-state index contributed by atoms with van der Waals surface area (Å²) in [6.45, 7) is 3.50. The zero-order valence-electron chi connectivity index (χ0n) is 13.1. The number of carbonyl (C=O) groups is 1. The molecule has 2 heterocycles. The van der Waals surface area contributed by atoms with Gasteiger partial charge in [-0.3, -0.25) is 4.79 Å². The van der Waals surface area contributed by atoms with Crippen molar-refractivity contribution < 1.29 is 9.21 Å². The minimum absolute atomic E-state index is 0. The van der Waals surface area contributed by atoms with Crippen LogP contribution in [0.5, 0.6) is 0 Å². The summed E-state index contributed by atoms with van der Waals surface area (Å²) in [5.41, 5.74) is 7.18. The van der Waals surface area contributed by atoms with E-state index in [1.165, 1.54) is 6.26 Å². The molecule has 0 bridgehead atoms. The van der Waals surface area contributed by atoms with Gasteiger partial charge in [0.2, 0.25) is 5.89 Å². The predicted molar refractivity (Wildman–Crippen MR) is 91.5 cm³/mol. The van der Waals surface area contributed by atoms with E-state index >= 15 is 0 Å². The molecule has 124 valence electrons. The summed E-state index contributed by atoms with van der Waals surface area (Å²) in [7, 11) is 0. The Morgan fingerprint density at radius 3 is 2.57 bits per heavy atom. The van der Waals surface area contributed by atoms with Crippen molar-refractivity contribution in [3.05, 3.63) is 42.3 Å². The first-order valence-electron chi connectivity index (χ1n) is 7.71. The lowest BCUT2D eigenvalue weighted by Gasteiger charge is -2.33. The maximum Gasteiger partial charge on any atom is 0.275 e. The molecular formula is C17H22ClN3O2. The molecule has 1 aliphatic heterocycles. The van der Waals surface area contributed by atoms with Crippen LogP contribution in [-0.2, 0) is 0 Å². The molecule has 2 N–H and O–H groups in total. The number of benzene rings is 1. The highest BCUT2D eigenvalue weighted by Crippen LogP contribution is 2.22. The molecule has 1 aliphatic rings. The molecule has 2 aromatic rings. The van der Waals surface area contributed by atoms with Crippen LogP contribution in [0.1, 0.15) is 30.3 Å². The molecule has 0 saturated carbocycles. The highest BCUT2D eigenvalue weighted by molar-refractivity contribution is 5.92. The summed E-state index contributed by atoms with van der Waals surface area (Å²) in [5, 5.41) is 0. The van der Waals surface area contributed by atoms with Gasteiger partial charge in [-0.15, -0.1) is 12.4 Å². The second-order valence-corrected chi connectivity index (χ2v) is 5.89. The Kier molecular flexibility index (Phi) is 5.80. The fourth-order valence-electron chi connectivity index (χ4n) is 2.88. The molecule has 3 rings (SSSR count). The van der Waals surface area contributed by atoms with Gasteiger partial charge >= 0.3 is 0 Å². The van der Waals surface area contributed by atoms with E-state index in [0.29, 0.717) is 17.5 Å². The number of oxazole rings is 1. The molecule has 0 radical (unpaired) electrons. The van der Waals surface area contributed by atoms with Crippen LogP contribution in [-0.4, -0.2) is 34.9 Å². The Hall–Kier alpha value is -1.85. The number of nitrogens with two attached hydrogens (primary N) is 1. The lowest BCUT2D eigenvalue weighted by Crippen LogP contribution is -2.42. The number of hydrogen-bond acceptors (Lipinski definition) is 4. The van der Waals surface area contributed by atoms with Crippen molar-refractivity contribution in [2.75, 3.05) is 13.1 Å². The van der Waals surface area contributed by atoms with Crippen LogP contribution in [0, 0.1) is 5.92 Å². The predicted octanol–water partition coefficient (Wildman–Crippen LogP) is 2.96. The number of halogens is 1. The van der Waals surface area contributed by atoms with E-state index in [1.807, 2.05) is 42.2 Å². The molecule has 1 amide bonds. The van der Waals surface area contributed by atoms with Crippen molar-refractivity contribution in [2.24, 2.45) is 11.7 Å². The normalized spacial score (nSPS) is 16.7. The Balaban J connectivity index is 0.00000192. The Bertz CT molecular complexity index is 634. The first-order chi connectivity index (χ1) is 10.6. The van der Waals surface area contributed by atoms with Gasteiger partial charge in [-0.1, -0.05) is 18.2 Å². The molecule has 0 aliphatic carbocycles. The van der Waals surface area contributed by atoms with Crippen LogP contribution in [0.2, 0.25) is 0 Å². The van der Waals surface area contributed by atoms with Crippen molar-refractivity contribution >= 4 is 18.3 Å². The lowest BCUT2D eigenvalue weighted by molar-refractivity contribution is 0.0675. The van der Waals surface area contributed by atoms with Crippen LogP contribution < -0.4 is 5.73 Å². The van der Waals surface area contributed by atoms with E-state index in [1.54, 1.807) is 0 Å². The minimum atomic E-state index is -0.0611. The smallest absolute Gasteiger partial charge is 0.275 e. The van der Waals surface area contributed by atoms with E-state index < -0.39 is 0 Å². The highest BCUT2D eigenvalue weighted by atomic mass is 35.5. The van der Waals surface area contributed by atoms with E-state index in [0.717, 1.165) is 31.5 Å². The summed E-state index contributed by atoms with van der Waals surface area (Å²) in [6.07, 6.45) is 3.35. The first-order valence-corrected chi connectivity index (χ1v) is 7.71. The SMILES string of the molecule is CC(N)C1CCN(C(=O)c2coc(-c3ccccc3)n2)CC1.Cl. The van der Waals surface area contributed by atoms with Crippen LogP contribution >= 0.6 is 12.4 Å². The number of rotatable bonds is 3. The van der Waals surface area contributed by atoms with E-state index in [9.17, 15) is 4.79 Å². The Morgan fingerprint density at radius 1 is 1.30 bits per heavy atom. The van der Waals surface area contributed by atoms with Crippen LogP contribution in [0.3, 0.4) is 0 Å². The van der Waals surface area contributed by atoms with E-state index in [-0.39, 0.29) is 24.4 Å². The zero-order chi connectivity index (χ0) is 15.5. The molecular weight excluding hydrogens is 314 g/mol. The average Bonchev–Trinajstić information content (AvgIpc) is 3.05. The van der Waals surface area contributed by atoms with Crippen LogP contribution in [0.4, 0.5) is 0 Å². The Morgan fingerprint density at radius 2 is 1.96 bits per heavy atom. The summed E-state index contributed by atoms with van der Waals surface area (Å²) in [5.74, 6) is 0.921. The number of hydrogen-bond donors (Lipinski definition) is 1. The summed E-state index contributed by atoms with van der Waals surface area (Å²) in [6, 6.07) is 9.78. The van der Waals surface area contributed by atoms with E-state index in [4.69, 9.17) is 10.2 Å². The van der Waals surface area contributed by atoms with Gasteiger partial charge in [-0.2, -0.15) is 0 Å². The van der Waals surface area contributed by atoms with Gasteiger partial charge in [-0.05, 0) is 37.8 Å². The number of carbonyl (C=O) groups excluding carboxylic acids is 1. The van der Waals surface area contributed by atoms with Gasteiger partial charge in [0, 0.05) is 24.7 Å². The van der Waals surface area contributed by atoms with Crippen molar-refractivity contribution in [2.45, 2.75) is 25.8 Å². The molecule has 1 aromatic carbocycles. The van der Waals surface area contributed by atoms with Crippen molar-refractivity contribution in [1.29, 1.82) is 0 Å². The fraction of sp³-hybridized carbons (Fsp3) is 0.412. The monoisotopic (exact) mass is 335 g/mol. The third-order valence-electron chi connectivity index (χ3n) is 4.31. The zero-order valence-corrected chi connectivity index (χ0v) is 14.0. The fourth-order valence-corrected chi connectivity index (χ4v) is 2.88. The maximum atomic E-state index is 12.5. The summed E-state index contributed by atoms with van der Waals surface area (Å²) >= 11 is 0. The van der Waals surface area contributed by atoms with Crippen molar-refractivity contribution in [1.82, 2.24) is 9.88 Å². The number of nitrogens with zero attached hydrogens (tertiary/aromatic N) is 2. The number of amides is 1. The quantitative estimate of drug-likeness (QED) is 0.936. The van der Waals surface area contributed by atoms with Gasteiger partial charge in [0.25, 0.3) is 5.91 Å². The third kappa shape index (κ3) is 3.92. The molecule has 1 aromatic heterocycles. The topological polar surface area (TPSA) is 72.4 Å². The molecule has 5 nitrogen and oxygen atoms in total. The van der Waals surface area contributed by atoms with Gasteiger partial charge < -0.3 is 15.1 Å². The minimum Gasteiger partial charge on any atom is -0.444 e. The van der Waals surface area contributed by atoms with Gasteiger partial charge in [0.05, 0.1) is 0 Å². The molecule has 6 heteroatoms. The van der Waals surface area contributed by atoms with Crippen LogP contribution in [0.25, 0.3) is 11.5 Å². The first kappa shape index (κ1) is 17.5. The molecule has 23 heavy (non-hydrogen) atoms. The largest absolute Gasteiger partial charge is 0.444 e. The van der Waals surface area contributed by atoms with Crippen molar-refractivity contribution in [3.63, 3.8) is 0 Å². The molecule has 1 fully saturated rings. The number of piperidine rings is 1. The second-order valence-electron chi connectivity index (χ2n) is 5.89. The number of aromatic nitrogens is 1. The second kappa shape index (κ2) is 7.62. The maximum absolute atomic E-state index is 12.5. The van der Waals surface area contributed by atoms with Gasteiger partial charge in [0.1, 0.15) is 6.26 Å². The standard InChI is InChI=1S/C17H21N3O2.ClH/c1-12(18)13-7-9-20(10-8-13)17(21)15-11-22-16(19-15)14-5-3-2-4-6-14;/h2-6,11-13H,7-10,18H2,1H3;1H. The summed E-state index contributed by atoms with van der Waals surface area (Å²) in [4.78, 5) is 18.7. The number of likely N-dealkylation sites (tertiary alicyclic amines) is 1. The van der Waals surface area contributed by atoms with E-state index in [2.05, 4.69) is 4.98 Å². The molecule has 1 atom stereocenters. The lowest BCUT2D eigenvalue weighted by atomic mass is 9.91. The summed E-state index contributed by atoms with van der Waals surface area (Å²) < 4.78 is 5.44. The van der Waals surface area contributed by atoms with Crippen LogP contribution in [0.15, 0.2) is 41.0 Å². The van der Waals surface area contributed by atoms with Gasteiger partial charge in [-0.25, -0.2) is 4.98 Å².